The highest BCUT2D eigenvalue weighted by Crippen LogP contribution is 2.31. The first kappa shape index (κ1) is 15.9. The highest BCUT2D eigenvalue weighted by Gasteiger charge is 2.30. The summed E-state index contributed by atoms with van der Waals surface area (Å²) < 4.78 is 39.0. The Kier molecular flexibility index (Phi) is 4.05. The summed E-state index contributed by atoms with van der Waals surface area (Å²) in [6.45, 7) is 0. The number of halogens is 4. The third-order valence-corrected chi connectivity index (χ3v) is 4.25. The smallest absolute Gasteiger partial charge is 0.360 e. The number of hydrogen-bond acceptors (Lipinski definition) is 1. The Morgan fingerprint density at radius 2 is 1.87 bits per heavy atom. The van der Waals surface area contributed by atoms with Gasteiger partial charge in [0.1, 0.15) is 0 Å². The summed E-state index contributed by atoms with van der Waals surface area (Å²) in [6.07, 6.45) is -2.90. The number of carbonyl (C=O) groups is 1. The van der Waals surface area contributed by atoms with Crippen LogP contribution >= 0.6 is 22.6 Å². The van der Waals surface area contributed by atoms with Crippen LogP contribution in [0.15, 0.2) is 48.7 Å². The summed E-state index contributed by atoms with van der Waals surface area (Å²) in [4.78, 5) is 15.4. The minimum atomic E-state index is -4.45. The van der Waals surface area contributed by atoms with Gasteiger partial charge in [-0.2, -0.15) is 13.2 Å². The molecule has 3 aromatic rings. The van der Waals surface area contributed by atoms with Gasteiger partial charge in [-0.15, -0.1) is 0 Å². The first-order chi connectivity index (χ1) is 10.9. The van der Waals surface area contributed by atoms with Gasteiger partial charge in [0.25, 0.3) is 5.91 Å². The van der Waals surface area contributed by atoms with Crippen LogP contribution in [0.25, 0.3) is 10.9 Å². The van der Waals surface area contributed by atoms with Gasteiger partial charge in [0.15, 0.2) is 0 Å². The van der Waals surface area contributed by atoms with Crippen molar-refractivity contribution in [3.8, 4) is 0 Å². The van der Waals surface area contributed by atoms with Crippen LogP contribution in [0.2, 0.25) is 0 Å². The third-order valence-electron chi connectivity index (χ3n) is 3.35. The Bertz CT molecular complexity index is 886. The second-order valence-corrected chi connectivity index (χ2v) is 6.06. The molecule has 0 aliphatic carbocycles. The highest BCUT2D eigenvalue weighted by molar-refractivity contribution is 14.1. The van der Waals surface area contributed by atoms with Crippen LogP contribution < -0.4 is 5.32 Å². The number of nitrogens with one attached hydrogen (secondary N) is 2. The summed E-state index contributed by atoms with van der Waals surface area (Å²) in [5.41, 5.74) is 0.488. The van der Waals surface area contributed by atoms with Gasteiger partial charge in [0.2, 0.25) is 0 Å². The molecule has 0 radical (unpaired) electrons. The minimum absolute atomic E-state index is 0.102. The van der Waals surface area contributed by atoms with Crippen molar-refractivity contribution in [1.29, 1.82) is 0 Å². The van der Waals surface area contributed by atoms with Crippen LogP contribution in [0, 0.1) is 3.57 Å². The number of anilines is 1. The van der Waals surface area contributed by atoms with Gasteiger partial charge in [-0.1, -0.05) is 12.1 Å². The van der Waals surface area contributed by atoms with Crippen LogP contribution in [0.3, 0.4) is 0 Å². The Morgan fingerprint density at radius 1 is 1.13 bits per heavy atom. The van der Waals surface area contributed by atoms with Crippen molar-refractivity contribution >= 4 is 45.1 Å². The fourth-order valence-electron chi connectivity index (χ4n) is 2.29. The first-order valence-corrected chi connectivity index (χ1v) is 7.68. The van der Waals surface area contributed by atoms with E-state index in [1.54, 1.807) is 6.20 Å². The number of benzene rings is 2. The van der Waals surface area contributed by atoms with Crippen molar-refractivity contribution in [1.82, 2.24) is 4.98 Å². The third kappa shape index (κ3) is 3.19. The molecule has 0 saturated carbocycles. The maximum Gasteiger partial charge on any atom is 0.416 e. The highest BCUT2D eigenvalue weighted by atomic mass is 127. The predicted octanol–water partition coefficient (Wildman–Crippen LogP) is 5.04. The number of amides is 1. The van der Waals surface area contributed by atoms with Gasteiger partial charge in [0.05, 0.1) is 11.1 Å². The number of alkyl halides is 3. The SMILES string of the molecule is O=C(Nc1cccc(C(F)(F)F)c1)c1c[nH]c2cccc(I)c12. The van der Waals surface area contributed by atoms with E-state index >= 15 is 0 Å². The van der Waals surface area contributed by atoms with Crippen molar-refractivity contribution in [2.24, 2.45) is 0 Å². The molecule has 0 bridgehead atoms. The molecule has 1 heterocycles. The summed E-state index contributed by atoms with van der Waals surface area (Å²) in [6, 6.07) is 10.1. The second kappa shape index (κ2) is 5.88. The van der Waals surface area contributed by atoms with Crippen molar-refractivity contribution in [2.75, 3.05) is 5.32 Å². The molecule has 0 spiro atoms. The van der Waals surface area contributed by atoms with E-state index in [1.165, 1.54) is 12.1 Å². The Balaban J connectivity index is 1.93. The van der Waals surface area contributed by atoms with E-state index in [2.05, 4.69) is 32.9 Å². The molecule has 0 unspecified atom stereocenters. The molecule has 0 aliphatic heterocycles. The molecular weight excluding hydrogens is 420 g/mol. The molecule has 23 heavy (non-hydrogen) atoms. The zero-order valence-electron chi connectivity index (χ0n) is 11.5. The van der Waals surface area contributed by atoms with Crippen LogP contribution in [-0.4, -0.2) is 10.9 Å². The number of carbonyl (C=O) groups excluding carboxylic acids is 1. The Labute approximate surface area is 143 Å². The summed E-state index contributed by atoms with van der Waals surface area (Å²) in [5.74, 6) is -0.459. The van der Waals surface area contributed by atoms with Crippen LogP contribution in [0.5, 0.6) is 0 Å². The van der Waals surface area contributed by atoms with Crippen LogP contribution in [0.1, 0.15) is 15.9 Å². The van der Waals surface area contributed by atoms with Crippen LogP contribution in [0.4, 0.5) is 18.9 Å². The molecule has 118 valence electrons. The average Bonchev–Trinajstić information content (AvgIpc) is 2.92. The molecule has 0 aliphatic rings. The summed E-state index contributed by atoms with van der Waals surface area (Å²) in [5, 5.41) is 3.26. The molecule has 0 atom stereocenters. The monoisotopic (exact) mass is 430 g/mol. The molecule has 3 rings (SSSR count). The number of H-pyrrole nitrogens is 1. The van der Waals surface area contributed by atoms with Crippen molar-refractivity contribution in [2.45, 2.75) is 6.18 Å². The van der Waals surface area contributed by atoms with Crippen molar-refractivity contribution in [3.63, 3.8) is 0 Å². The fourth-order valence-corrected chi connectivity index (χ4v) is 3.08. The molecule has 1 aromatic heterocycles. The van der Waals surface area contributed by atoms with E-state index in [-0.39, 0.29) is 5.69 Å². The quantitative estimate of drug-likeness (QED) is 0.550. The number of hydrogen-bond donors (Lipinski definition) is 2. The van der Waals surface area contributed by atoms with E-state index in [0.29, 0.717) is 5.56 Å². The number of rotatable bonds is 2. The number of aromatic amines is 1. The van der Waals surface area contributed by atoms with E-state index in [9.17, 15) is 18.0 Å². The maximum absolute atomic E-state index is 12.7. The minimum Gasteiger partial charge on any atom is -0.360 e. The van der Waals surface area contributed by atoms with Crippen molar-refractivity contribution in [3.05, 3.63) is 63.4 Å². The van der Waals surface area contributed by atoms with Crippen molar-refractivity contribution < 1.29 is 18.0 Å². The van der Waals surface area contributed by atoms with Gasteiger partial charge in [-0.25, -0.2) is 0 Å². The van der Waals surface area contributed by atoms with Gasteiger partial charge in [0, 0.05) is 26.4 Å². The molecule has 7 heteroatoms. The molecule has 3 nitrogen and oxygen atoms in total. The zero-order chi connectivity index (χ0) is 16.6. The average molecular weight is 430 g/mol. The van der Waals surface area contributed by atoms with E-state index in [0.717, 1.165) is 26.6 Å². The van der Waals surface area contributed by atoms with E-state index < -0.39 is 17.6 Å². The lowest BCUT2D eigenvalue weighted by Crippen LogP contribution is -2.13. The molecule has 0 saturated heterocycles. The molecule has 2 aromatic carbocycles. The topological polar surface area (TPSA) is 44.9 Å². The van der Waals surface area contributed by atoms with E-state index in [1.807, 2.05) is 18.2 Å². The lowest BCUT2D eigenvalue weighted by molar-refractivity contribution is -0.137. The lowest BCUT2D eigenvalue weighted by Gasteiger charge is -2.09. The predicted molar refractivity (Wildman–Crippen MR) is 90.4 cm³/mol. The second-order valence-electron chi connectivity index (χ2n) is 4.90. The van der Waals surface area contributed by atoms with Gasteiger partial charge in [-0.3, -0.25) is 4.79 Å². The molecule has 2 N–H and O–H groups in total. The zero-order valence-corrected chi connectivity index (χ0v) is 13.7. The fraction of sp³-hybridized carbons (Fsp3) is 0.0625. The van der Waals surface area contributed by atoms with Gasteiger partial charge in [-0.05, 0) is 52.9 Å². The van der Waals surface area contributed by atoms with Gasteiger partial charge >= 0.3 is 6.18 Å². The first-order valence-electron chi connectivity index (χ1n) is 6.60. The Hall–Kier alpha value is -2.03. The standard InChI is InChI=1S/C16H10F3IN2O/c17-16(18,19)9-3-1-4-10(7-9)22-15(23)11-8-21-13-6-2-5-12(20)14(11)13/h1-8,21H,(H,22,23). The molecule has 1 amide bonds. The Morgan fingerprint density at radius 3 is 2.61 bits per heavy atom. The largest absolute Gasteiger partial charge is 0.416 e. The number of fused-ring (bicyclic) bond motifs is 1. The van der Waals surface area contributed by atoms with Gasteiger partial charge < -0.3 is 10.3 Å². The number of aromatic nitrogens is 1. The molecular formula is C16H10F3IN2O. The molecule has 0 fully saturated rings. The van der Waals surface area contributed by atoms with Crippen LogP contribution in [-0.2, 0) is 6.18 Å². The summed E-state index contributed by atoms with van der Waals surface area (Å²) >= 11 is 2.11. The van der Waals surface area contributed by atoms with E-state index in [4.69, 9.17) is 0 Å². The normalized spacial score (nSPS) is 11.7. The maximum atomic E-state index is 12.7. The summed E-state index contributed by atoms with van der Waals surface area (Å²) in [7, 11) is 0. The lowest BCUT2D eigenvalue weighted by atomic mass is 10.1.